The van der Waals surface area contributed by atoms with Crippen molar-refractivity contribution in [1.29, 1.82) is 5.41 Å². The van der Waals surface area contributed by atoms with Crippen LogP contribution in [0.2, 0.25) is 0 Å². The van der Waals surface area contributed by atoms with Gasteiger partial charge >= 0.3 is 0 Å². The normalized spacial score (nSPS) is 11.2. The number of sulfonamides is 1. The molecule has 0 aliphatic rings. The Kier molecular flexibility index (Phi) is 4.11. The first-order valence-corrected chi connectivity index (χ1v) is 6.56. The van der Waals surface area contributed by atoms with Crippen molar-refractivity contribution in [2.75, 3.05) is 6.54 Å². The highest BCUT2D eigenvalue weighted by atomic mass is 32.2. The first-order chi connectivity index (χ1) is 7.89. The average Bonchev–Trinajstić information content (AvgIpc) is 2.25. The van der Waals surface area contributed by atoms with Crippen molar-refractivity contribution in [1.82, 2.24) is 4.31 Å². The molecule has 1 rings (SSSR count). The quantitative estimate of drug-likeness (QED) is 0.623. The highest BCUT2D eigenvalue weighted by Gasteiger charge is 2.24. The van der Waals surface area contributed by atoms with Gasteiger partial charge in [-0.3, -0.25) is 5.41 Å². The highest BCUT2D eigenvalue weighted by Crippen LogP contribution is 2.16. The van der Waals surface area contributed by atoms with Crippen molar-refractivity contribution in [3.63, 3.8) is 0 Å². The first kappa shape index (κ1) is 13.5. The fraction of sp³-hybridized carbons (Fsp3) is 0.273. The lowest BCUT2D eigenvalue weighted by molar-refractivity contribution is 0.519. The Bertz CT molecular complexity index is 494. The molecule has 93 valence electrons. The number of rotatable bonds is 4. The number of guanidine groups is 1. The molecule has 17 heavy (non-hydrogen) atoms. The zero-order chi connectivity index (χ0) is 13.1. The molecule has 0 atom stereocenters. The summed E-state index contributed by atoms with van der Waals surface area (Å²) in [5, 5.41) is 7.30. The van der Waals surface area contributed by atoms with Gasteiger partial charge in [0.15, 0.2) is 0 Å². The lowest BCUT2D eigenvalue weighted by atomic mass is 10.2. The van der Waals surface area contributed by atoms with Crippen molar-refractivity contribution < 1.29 is 8.42 Å². The number of benzene rings is 1. The summed E-state index contributed by atoms with van der Waals surface area (Å²) in [6, 6.07) is 6.41. The molecule has 0 aromatic heterocycles. The van der Waals surface area contributed by atoms with Crippen LogP contribution in [0.3, 0.4) is 0 Å². The van der Waals surface area contributed by atoms with Crippen molar-refractivity contribution in [3.05, 3.63) is 36.8 Å². The Hall–Kier alpha value is -1.56. The van der Waals surface area contributed by atoms with Gasteiger partial charge in [0.25, 0.3) is 10.0 Å². The molecule has 1 radical (unpaired) electrons. The van der Waals surface area contributed by atoms with Gasteiger partial charge in [0.1, 0.15) is 0 Å². The molecule has 0 bridgehead atoms. The lowest BCUT2D eigenvalue weighted by Crippen LogP contribution is -2.41. The Morgan fingerprint density at radius 3 is 2.35 bits per heavy atom. The smallest absolute Gasteiger partial charge is 0.266 e. The minimum Gasteiger partial charge on any atom is -0.369 e. The monoisotopic (exact) mass is 254 g/mol. The largest absolute Gasteiger partial charge is 0.369 e. The molecule has 0 unspecified atom stereocenters. The van der Waals surface area contributed by atoms with Gasteiger partial charge in [-0.2, -0.15) is 0 Å². The Morgan fingerprint density at radius 2 is 1.94 bits per heavy atom. The average molecular weight is 254 g/mol. The maximum Gasteiger partial charge on any atom is 0.266 e. The molecule has 0 fully saturated rings. The number of hydrogen-bond acceptors (Lipinski definition) is 3. The molecule has 0 spiro atoms. The molecule has 0 amide bonds. The summed E-state index contributed by atoms with van der Waals surface area (Å²) in [4.78, 5) is 0.131. The third-order valence-corrected chi connectivity index (χ3v) is 4.07. The van der Waals surface area contributed by atoms with Crippen molar-refractivity contribution in [3.8, 4) is 0 Å². The van der Waals surface area contributed by atoms with Crippen LogP contribution in [0.25, 0.3) is 0 Å². The van der Waals surface area contributed by atoms with E-state index in [0.717, 1.165) is 9.87 Å². The van der Waals surface area contributed by atoms with E-state index in [9.17, 15) is 8.42 Å². The van der Waals surface area contributed by atoms with E-state index in [1.807, 2.05) is 6.92 Å². The lowest BCUT2D eigenvalue weighted by Gasteiger charge is -2.21. The fourth-order valence-electron chi connectivity index (χ4n) is 1.35. The number of aryl methyl sites for hydroxylation is 1. The topological polar surface area (TPSA) is 87.2 Å². The van der Waals surface area contributed by atoms with Gasteiger partial charge in [-0.15, -0.1) is 0 Å². The van der Waals surface area contributed by atoms with Crippen LogP contribution in [0, 0.1) is 19.3 Å². The summed E-state index contributed by atoms with van der Waals surface area (Å²) in [5.41, 5.74) is 6.25. The van der Waals surface area contributed by atoms with Gasteiger partial charge in [0, 0.05) is 6.54 Å². The molecular formula is C11H16N3O2S. The summed E-state index contributed by atoms with van der Waals surface area (Å²) in [6.07, 6.45) is 0.352. The van der Waals surface area contributed by atoms with Crippen LogP contribution in [-0.2, 0) is 10.0 Å². The Labute approximate surface area is 102 Å². The van der Waals surface area contributed by atoms with E-state index in [-0.39, 0.29) is 11.4 Å². The van der Waals surface area contributed by atoms with Crippen LogP contribution >= 0.6 is 0 Å². The second-order valence-electron chi connectivity index (χ2n) is 3.63. The second kappa shape index (κ2) is 5.18. The van der Waals surface area contributed by atoms with E-state index in [1.165, 1.54) is 12.1 Å². The molecule has 1 aromatic rings. The minimum absolute atomic E-state index is 0.103. The van der Waals surface area contributed by atoms with Crippen molar-refractivity contribution in [2.45, 2.75) is 18.2 Å². The minimum atomic E-state index is -3.74. The molecular weight excluding hydrogens is 238 g/mol. The van der Waals surface area contributed by atoms with Gasteiger partial charge in [0.05, 0.1) is 4.90 Å². The SMILES string of the molecule is [CH2]CCN(C(=N)N)S(=O)(=O)c1ccc(C)cc1. The zero-order valence-electron chi connectivity index (χ0n) is 9.68. The van der Waals surface area contributed by atoms with Crippen LogP contribution in [-0.4, -0.2) is 25.2 Å². The van der Waals surface area contributed by atoms with Gasteiger partial charge in [-0.05, 0) is 25.5 Å². The van der Waals surface area contributed by atoms with Crippen LogP contribution in [0.5, 0.6) is 0 Å². The zero-order valence-corrected chi connectivity index (χ0v) is 10.5. The standard InChI is InChI=1S/C11H16N3O2S/c1-3-8-14(11(12)13)17(15,16)10-6-4-9(2)5-7-10/h4-7H,1,3,8H2,2H3,(H3,12,13). The van der Waals surface area contributed by atoms with Crippen LogP contribution < -0.4 is 5.73 Å². The molecule has 3 N–H and O–H groups in total. The fourth-order valence-corrected chi connectivity index (χ4v) is 2.71. The van der Waals surface area contributed by atoms with Crippen LogP contribution in [0.15, 0.2) is 29.2 Å². The maximum absolute atomic E-state index is 12.2. The van der Waals surface area contributed by atoms with Gasteiger partial charge in [-0.25, -0.2) is 12.7 Å². The Morgan fingerprint density at radius 1 is 1.41 bits per heavy atom. The highest BCUT2D eigenvalue weighted by molar-refractivity contribution is 7.89. The third-order valence-electron chi connectivity index (χ3n) is 2.24. The van der Waals surface area contributed by atoms with Crippen molar-refractivity contribution in [2.24, 2.45) is 5.73 Å². The molecule has 6 heteroatoms. The first-order valence-electron chi connectivity index (χ1n) is 5.12. The number of nitrogens with zero attached hydrogens (tertiary/aromatic N) is 1. The van der Waals surface area contributed by atoms with E-state index in [4.69, 9.17) is 11.1 Å². The summed E-state index contributed by atoms with van der Waals surface area (Å²) in [7, 11) is -3.74. The predicted molar refractivity (Wildman–Crippen MR) is 67.0 cm³/mol. The summed E-state index contributed by atoms with van der Waals surface area (Å²) >= 11 is 0. The van der Waals surface area contributed by atoms with Crippen LogP contribution in [0.1, 0.15) is 12.0 Å². The molecule has 0 aliphatic heterocycles. The van der Waals surface area contributed by atoms with E-state index in [2.05, 4.69) is 6.92 Å². The van der Waals surface area contributed by atoms with Crippen molar-refractivity contribution >= 4 is 16.0 Å². The number of hydrogen-bond donors (Lipinski definition) is 2. The van der Waals surface area contributed by atoms with Crippen LogP contribution in [0.4, 0.5) is 0 Å². The van der Waals surface area contributed by atoms with Gasteiger partial charge in [0.2, 0.25) is 5.96 Å². The second-order valence-corrected chi connectivity index (χ2v) is 5.49. The van der Waals surface area contributed by atoms with E-state index < -0.39 is 16.0 Å². The molecule has 5 nitrogen and oxygen atoms in total. The number of nitrogens with two attached hydrogens (primary N) is 1. The summed E-state index contributed by atoms with van der Waals surface area (Å²) in [6.45, 7) is 5.54. The summed E-state index contributed by atoms with van der Waals surface area (Å²) < 4.78 is 25.2. The van der Waals surface area contributed by atoms with E-state index in [1.54, 1.807) is 12.1 Å². The predicted octanol–water partition coefficient (Wildman–Crippen LogP) is 1.10. The molecule has 0 saturated carbocycles. The van der Waals surface area contributed by atoms with Gasteiger partial charge in [-0.1, -0.05) is 24.6 Å². The van der Waals surface area contributed by atoms with Gasteiger partial charge < -0.3 is 5.73 Å². The molecule has 1 aromatic carbocycles. The maximum atomic E-state index is 12.2. The molecule has 0 saturated heterocycles. The third kappa shape index (κ3) is 2.97. The Balaban J connectivity index is 3.16. The summed E-state index contributed by atoms with van der Waals surface area (Å²) in [5.74, 6) is -0.491. The number of nitrogens with one attached hydrogen (secondary N) is 1. The van der Waals surface area contributed by atoms with E-state index in [0.29, 0.717) is 6.42 Å². The molecule has 0 aliphatic carbocycles. The van der Waals surface area contributed by atoms with E-state index >= 15 is 0 Å². The molecule has 0 heterocycles.